The molecular weight excluding hydrogens is 395 g/mol. The van der Waals surface area contributed by atoms with Gasteiger partial charge in [0.1, 0.15) is 24.2 Å². The predicted molar refractivity (Wildman–Crippen MR) is 116 cm³/mol. The Morgan fingerprint density at radius 2 is 2.11 bits per heavy atom. The molecule has 3 fully saturated rings. The predicted octanol–water partition coefficient (Wildman–Crippen LogP) is 3.66. The second kappa shape index (κ2) is 8.92. The minimum Gasteiger partial charge on any atom is -0.384 e. The van der Waals surface area contributed by atoms with Gasteiger partial charge in [0.05, 0.1) is 12.7 Å². The number of hydrogen-bond donors (Lipinski definition) is 2. The molecule has 1 saturated heterocycles. The number of nitrogen functional groups attached to an aromatic ring is 1. The maximum Gasteiger partial charge on any atom is 0.178 e. The number of ether oxygens (including phenoxy) is 1. The summed E-state index contributed by atoms with van der Waals surface area (Å²) in [5.41, 5.74) is 5.76. The van der Waals surface area contributed by atoms with Crippen LogP contribution in [0.1, 0.15) is 51.4 Å². The van der Waals surface area contributed by atoms with Crippen LogP contribution in [0.4, 0.5) is 11.6 Å². The van der Waals surface area contributed by atoms with Crippen molar-refractivity contribution in [2.24, 2.45) is 5.92 Å². The number of hydrogen-bond acceptors (Lipinski definition) is 8. The summed E-state index contributed by atoms with van der Waals surface area (Å²) in [6, 6.07) is 1.75. The standard InChI is InChI=1S/C19H31N4O3PS/c1-23(18-10-17(20)21-13-22-18)19-9-8-15(26-19)11-25-27(24,16-6-3-7-16)28-12-14-4-2-5-14/h10,13-15,19,24H,2-9,11-12H2,1H3,(H2,20,21,22)/t15-,19?,27?/m0/s1. The Hall–Kier alpha value is -0.790. The molecule has 2 heterocycles. The third-order valence-corrected chi connectivity index (χ3v) is 11.3. The van der Waals surface area contributed by atoms with Gasteiger partial charge in [-0.25, -0.2) is 9.97 Å². The third-order valence-electron chi connectivity index (χ3n) is 6.03. The van der Waals surface area contributed by atoms with E-state index in [-0.39, 0.29) is 12.3 Å². The molecule has 3 aliphatic rings. The van der Waals surface area contributed by atoms with Crippen molar-refractivity contribution in [1.29, 1.82) is 0 Å². The Balaban J connectivity index is 1.31. The van der Waals surface area contributed by atoms with E-state index in [0.717, 1.165) is 43.2 Å². The second-order valence-corrected chi connectivity index (χ2v) is 12.8. The minimum atomic E-state index is -2.46. The summed E-state index contributed by atoms with van der Waals surface area (Å²) < 4.78 is 12.4. The van der Waals surface area contributed by atoms with Crippen molar-refractivity contribution in [3.8, 4) is 0 Å². The van der Waals surface area contributed by atoms with Crippen LogP contribution in [-0.4, -0.2) is 51.9 Å². The Morgan fingerprint density at radius 1 is 1.29 bits per heavy atom. The van der Waals surface area contributed by atoms with Crippen LogP contribution < -0.4 is 10.6 Å². The molecule has 0 bridgehead atoms. The van der Waals surface area contributed by atoms with E-state index in [9.17, 15) is 4.89 Å². The maximum absolute atomic E-state index is 11.3. The summed E-state index contributed by atoms with van der Waals surface area (Å²) in [5.74, 6) is 3.00. The van der Waals surface area contributed by atoms with E-state index < -0.39 is 6.54 Å². The summed E-state index contributed by atoms with van der Waals surface area (Å²) in [7, 11) is 1.96. The number of nitrogens with two attached hydrogens (primary N) is 1. The molecule has 156 valence electrons. The molecule has 7 nitrogen and oxygen atoms in total. The van der Waals surface area contributed by atoms with Gasteiger partial charge in [-0.2, -0.15) is 0 Å². The first-order valence-electron chi connectivity index (χ1n) is 10.3. The second-order valence-electron chi connectivity index (χ2n) is 8.03. The van der Waals surface area contributed by atoms with E-state index in [0.29, 0.717) is 12.4 Å². The smallest absolute Gasteiger partial charge is 0.178 e. The zero-order chi connectivity index (χ0) is 19.6. The Kier molecular flexibility index (Phi) is 6.53. The van der Waals surface area contributed by atoms with E-state index in [1.807, 2.05) is 11.9 Å². The van der Waals surface area contributed by atoms with Gasteiger partial charge in [-0.1, -0.05) is 17.8 Å². The molecule has 3 N–H and O–H groups in total. The summed E-state index contributed by atoms with van der Waals surface area (Å²) in [6.45, 7) is -2.00. The molecule has 9 heteroatoms. The highest BCUT2D eigenvalue weighted by atomic mass is 32.7. The van der Waals surface area contributed by atoms with Gasteiger partial charge in [-0.05, 0) is 56.2 Å². The van der Waals surface area contributed by atoms with E-state index in [1.54, 1.807) is 17.4 Å². The first-order valence-corrected chi connectivity index (χ1v) is 13.5. The van der Waals surface area contributed by atoms with Crippen LogP contribution in [0.5, 0.6) is 0 Å². The highest BCUT2D eigenvalue weighted by Crippen LogP contribution is 2.62. The van der Waals surface area contributed by atoms with Crippen LogP contribution in [-0.2, 0) is 9.26 Å². The van der Waals surface area contributed by atoms with Gasteiger partial charge in [0, 0.05) is 18.9 Å². The van der Waals surface area contributed by atoms with Crippen LogP contribution in [0.3, 0.4) is 0 Å². The summed E-state index contributed by atoms with van der Waals surface area (Å²) in [4.78, 5) is 21.5. The molecule has 28 heavy (non-hydrogen) atoms. The fraction of sp³-hybridized carbons (Fsp3) is 0.737. The monoisotopic (exact) mass is 426 g/mol. The van der Waals surface area contributed by atoms with Crippen molar-refractivity contribution in [3.05, 3.63) is 12.4 Å². The summed E-state index contributed by atoms with van der Waals surface area (Å²) >= 11 is 1.69. The van der Waals surface area contributed by atoms with Gasteiger partial charge in [-0.3, -0.25) is 0 Å². The lowest BCUT2D eigenvalue weighted by Crippen LogP contribution is -2.33. The van der Waals surface area contributed by atoms with Gasteiger partial charge >= 0.3 is 0 Å². The molecular formula is C19H31N4O3PS. The van der Waals surface area contributed by atoms with Gasteiger partial charge in [0.25, 0.3) is 0 Å². The zero-order valence-electron chi connectivity index (χ0n) is 16.5. The first-order chi connectivity index (χ1) is 13.5. The third kappa shape index (κ3) is 4.68. The summed E-state index contributed by atoms with van der Waals surface area (Å²) in [6.07, 6.45) is 10.4. The van der Waals surface area contributed by atoms with Crippen molar-refractivity contribution in [3.63, 3.8) is 0 Å². The molecule has 1 aliphatic heterocycles. The van der Waals surface area contributed by atoms with Crippen LogP contribution in [0.25, 0.3) is 0 Å². The molecule has 2 aliphatic carbocycles. The number of anilines is 2. The largest absolute Gasteiger partial charge is 0.384 e. The van der Waals surface area contributed by atoms with Crippen LogP contribution >= 0.6 is 17.9 Å². The maximum atomic E-state index is 11.3. The van der Waals surface area contributed by atoms with E-state index in [2.05, 4.69) is 9.97 Å². The van der Waals surface area contributed by atoms with E-state index in [1.165, 1.54) is 37.3 Å². The van der Waals surface area contributed by atoms with Crippen molar-refractivity contribution < 1.29 is 14.2 Å². The fourth-order valence-corrected chi connectivity index (χ4v) is 8.86. The average molecular weight is 427 g/mol. The van der Waals surface area contributed by atoms with Gasteiger partial charge in [0.2, 0.25) is 0 Å². The Labute approximate surface area is 171 Å². The van der Waals surface area contributed by atoms with Crippen molar-refractivity contribution in [2.75, 3.05) is 30.0 Å². The van der Waals surface area contributed by atoms with Crippen LogP contribution in [0, 0.1) is 5.92 Å². The average Bonchev–Trinajstić information content (AvgIpc) is 3.05. The number of nitrogens with zero attached hydrogens (tertiary/aromatic N) is 3. The topological polar surface area (TPSA) is 93.7 Å². The quantitative estimate of drug-likeness (QED) is 0.609. The fourth-order valence-electron chi connectivity index (χ4n) is 3.68. The molecule has 3 atom stereocenters. The molecule has 0 aromatic carbocycles. The molecule has 1 aromatic heterocycles. The lowest BCUT2D eigenvalue weighted by Gasteiger charge is -2.33. The van der Waals surface area contributed by atoms with Crippen LogP contribution in [0.15, 0.2) is 12.4 Å². The normalized spacial score (nSPS) is 27.1. The Morgan fingerprint density at radius 3 is 2.75 bits per heavy atom. The van der Waals surface area contributed by atoms with Gasteiger partial charge in [-0.15, -0.1) is 0 Å². The molecule has 0 amide bonds. The molecule has 0 radical (unpaired) electrons. The van der Waals surface area contributed by atoms with Crippen LogP contribution in [0.2, 0.25) is 0 Å². The minimum absolute atomic E-state index is 0.00291. The van der Waals surface area contributed by atoms with Crippen molar-refractivity contribution in [1.82, 2.24) is 9.97 Å². The van der Waals surface area contributed by atoms with Crippen molar-refractivity contribution in [2.45, 2.75) is 63.7 Å². The SMILES string of the molecule is CN(c1cc(N)ncn1)C1CC[C@@H](COP(O)(SCC2CCC2)=C2CCC2)O1. The Bertz CT molecular complexity index is 740. The highest BCUT2D eigenvalue weighted by molar-refractivity contribution is 8.58. The lowest BCUT2D eigenvalue weighted by molar-refractivity contribution is 0.0195. The summed E-state index contributed by atoms with van der Waals surface area (Å²) in [5, 5.41) is 1.25. The van der Waals surface area contributed by atoms with Gasteiger partial charge < -0.3 is 24.8 Å². The molecule has 2 unspecified atom stereocenters. The molecule has 0 spiro atoms. The molecule has 4 rings (SSSR count). The van der Waals surface area contributed by atoms with E-state index >= 15 is 0 Å². The first kappa shape index (κ1) is 20.5. The molecule has 1 aromatic rings. The number of rotatable bonds is 8. The molecule has 2 saturated carbocycles. The zero-order valence-corrected chi connectivity index (χ0v) is 18.2. The van der Waals surface area contributed by atoms with Crippen molar-refractivity contribution >= 4 is 34.9 Å². The van der Waals surface area contributed by atoms with Gasteiger partial charge in [0.15, 0.2) is 6.54 Å². The highest BCUT2D eigenvalue weighted by Gasteiger charge is 2.33. The number of aromatic nitrogens is 2. The van der Waals surface area contributed by atoms with E-state index in [4.69, 9.17) is 15.0 Å². The lowest BCUT2D eigenvalue weighted by atomic mass is 9.87.